The third-order valence-electron chi connectivity index (χ3n) is 2.99. The first kappa shape index (κ1) is 14.4. The largest absolute Gasteiger partial charge is 0.491 e. The SMILES string of the molecule is Cc1cc(NS(=O)(=O)c2ccc3c(c2)NC(=O)CCO3)no1. The molecule has 1 aliphatic rings. The highest BCUT2D eigenvalue weighted by atomic mass is 32.2. The third kappa shape index (κ3) is 2.89. The van der Waals surface area contributed by atoms with Gasteiger partial charge in [-0.25, -0.2) is 8.42 Å². The van der Waals surface area contributed by atoms with Crippen LogP contribution in [0, 0.1) is 6.92 Å². The van der Waals surface area contributed by atoms with E-state index in [1.807, 2.05) is 0 Å². The molecule has 2 N–H and O–H groups in total. The second-order valence-corrected chi connectivity index (χ2v) is 6.42. The number of benzene rings is 1. The molecule has 0 fully saturated rings. The Hall–Kier alpha value is -2.55. The van der Waals surface area contributed by atoms with Crippen molar-refractivity contribution in [1.82, 2.24) is 5.16 Å². The summed E-state index contributed by atoms with van der Waals surface area (Å²) in [5, 5.41) is 6.19. The lowest BCUT2D eigenvalue weighted by atomic mass is 10.3. The first-order valence-electron chi connectivity index (χ1n) is 6.47. The van der Waals surface area contributed by atoms with Gasteiger partial charge in [-0.2, -0.15) is 0 Å². The number of hydrogen-bond acceptors (Lipinski definition) is 6. The van der Waals surface area contributed by atoms with Crippen LogP contribution in [0.1, 0.15) is 12.2 Å². The number of carbonyl (C=O) groups is 1. The quantitative estimate of drug-likeness (QED) is 0.885. The van der Waals surface area contributed by atoms with Crippen LogP contribution in [0.2, 0.25) is 0 Å². The van der Waals surface area contributed by atoms with E-state index in [1.54, 1.807) is 6.92 Å². The second-order valence-electron chi connectivity index (χ2n) is 4.73. The Balaban J connectivity index is 1.92. The fourth-order valence-corrected chi connectivity index (χ4v) is 2.99. The van der Waals surface area contributed by atoms with Crippen molar-refractivity contribution in [3.05, 3.63) is 30.0 Å². The minimum absolute atomic E-state index is 0.0160. The molecular weight excluding hydrogens is 310 g/mol. The molecule has 2 aromatic rings. The van der Waals surface area contributed by atoms with Crippen molar-refractivity contribution in [2.24, 2.45) is 0 Å². The Morgan fingerprint density at radius 3 is 2.86 bits per heavy atom. The van der Waals surface area contributed by atoms with Gasteiger partial charge < -0.3 is 14.6 Å². The number of ether oxygens (including phenoxy) is 1. The average Bonchev–Trinajstić information content (AvgIpc) is 2.75. The Kier molecular flexibility index (Phi) is 3.49. The molecule has 1 aromatic carbocycles. The molecule has 1 amide bonds. The van der Waals surface area contributed by atoms with E-state index in [0.717, 1.165) is 0 Å². The number of nitrogens with zero attached hydrogens (tertiary/aromatic N) is 1. The van der Waals surface area contributed by atoms with Gasteiger partial charge >= 0.3 is 0 Å². The lowest BCUT2D eigenvalue weighted by molar-refractivity contribution is -0.116. The highest BCUT2D eigenvalue weighted by Crippen LogP contribution is 2.30. The molecule has 9 heteroatoms. The van der Waals surface area contributed by atoms with Crippen LogP contribution in [0.4, 0.5) is 11.5 Å². The van der Waals surface area contributed by atoms with Gasteiger partial charge in [0.25, 0.3) is 10.0 Å². The molecule has 0 saturated carbocycles. The molecule has 0 spiro atoms. The van der Waals surface area contributed by atoms with E-state index in [0.29, 0.717) is 17.2 Å². The Bertz CT molecular complexity index is 828. The maximum Gasteiger partial charge on any atom is 0.263 e. The van der Waals surface area contributed by atoms with Crippen LogP contribution < -0.4 is 14.8 Å². The number of carbonyl (C=O) groups excluding carboxylic acids is 1. The maximum atomic E-state index is 12.3. The molecule has 3 rings (SSSR count). The molecule has 1 aromatic heterocycles. The van der Waals surface area contributed by atoms with E-state index in [4.69, 9.17) is 9.26 Å². The normalized spacial score (nSPS) is 14.5. The Morgan fingerprint density at radius 1 is 1.32 bits per heavy atom. The van der Waals surface area contributed by atoms with Crippen LogP contribution in [-0.2, 0) is 14.8 Å². The van der Waals surface area contributed by atoms with Crippen molar-refractivity contribution >= 4 is 27.4 Å². The number of nitrogens with one attached hydrogen (secondary N) is 2. The summed E-state index contributed by atoms with van der Waals surface area (Å²) in [7, 11) is -3.84. The molecule has 2 heterocycles. The number of aromatic nitrogens is 1. The summed E-state index contributed by atoms with van der Waals surface area (Å²) >= 11 is 0. The first-order valence-corrected chi connectivity index (χ1v) is 7.95. The minimum Gasteiger partial charge on any atom is -0.491 e. The zero-order valence-corrected chi connectivity index (χ0v) is 12.4. The van der Waals surface area contributed by atoms with Crippen molar-refractivity contribution in [2.45, 2.75) is 18.2 Å². The number of hydrogen-bond donors (Lipinski definition) is 2. The summed E-state index contributed by atoms with van der Waals surface area (Å²) < 4.78 is 37.1. The van der Waals surface area contributed by atoms with Crippen LogP contribution in [-0.4, -0.2) is 26.1 Å². The van der Waals surface area contributed by atoms with Gasteiger partial charge in [0.2, 0.25) is 5.91 Å². The lowest BCUT2D eigenvalue weighted by Gasteiger charge is -2.10. The highest BCUT2D eigenvalue weighted by molar-refractivity contribution is 7.92. The fraction of sp³-hybridized carbons (Fsp3) is 0.231. The van der Waals surface area contributed by atoms with Gasteiger partial charge in [0.15, 0.2) is 5.82 Å². The smallest absolute Gasteiger partial charge is 0.263 e. The van der Waals surface area contributed by atoms with E-state index in [-0.39, 0.29) is 29.6 Å². The third-order valence-corrected chi connectivity index (χ3v) is 4.34. The molecule has 0 aliphatic carbocycles. The summed E-state index contributed by atoms with van der Waals surface area (Å²) in [5.74, 6) is 0.781. The van der Waals surface area contributed by atoms with Gasteiger partial charge in [0.05, 0.1) is 23.6 Å². The molecule has 0 atom stereocenters. The van der Waals surface area contributed by atoms with Crippen molar-refractivity contribution in [2.75, 3.05) is 16.6 Å². The molecule has 1 aliphatic heterocycles. The van der Waals surface area contributed by atoms with Crippen molar-refractivity contribution in [3.8, 4) is 5.75 Å². The minimum atomic E-state index is -3.84. The molecule has 116 valence electrons. The lowest BCUT2D eigenvalue weighted by Crippen LogP contribution is -2.14. The monoisotopic (exact) mass is 323 g/mol. The zero-order chi connectivity index (χ0) is 15.7. The zero-order valence-electron chi connectivity index (χ0n) is 11.6. The fourth-order valence-electron chi connectivity index (χ4n) is 1.98. The van der Waals surface area contributed by atoms with Crippen LogP contribution in [0.15, 0.2) is 33.7 Å². The van der Waals surface area contributed by atoms with Gasteiger partial charge in [0.1, 0.15) is 11.5 Å². The predicted molar refractivity (Wildman–Crippen MR) is 77.2 cm³/mol. The Morgan fingerprint density at radius 2 is 2.14 bits per heavy atom. The van der Waals surface area contributed by atoms with E-state index in [1.165, 1.54) is 24.3 Å². The van der Waals surface area contributed by atoms with Gasteiger partial charge in [-0.15, -0.1) is 0 Å². The van der Waals surface area contributed by atoms with Gasteiger partial charge in [-0.3, -0.25) is 9.52 Å². The van der Waals surface area contributed by atoms with Crippen LogP contribution >= 0.6 is 0 Å². The number of rotatable bonds is 3. The summed E-state index contributed by atoms with van der Waals surface area (Å²) in [5.41, 5.74) is 0.321. The Labute approximate surface area is 126 Å². The summed E-state index contributed by atoms with van der Waals surface area (Å²) in [6.07, 6.45) is 0.216. The number of sulfonamides is 1. The summed E-state index contributed by atoms with van der Waals surface area (Å²) in [4.78, 5) is 11.5. The van der Waals surface area contributed by atoms with Gasteiger partial charge in [-0.05, 0) is 25.1 Å². The van der Waals surface area contributed by atoms with Crippen molar-refractivity contribution in [3.63, 3.8) is 0 Å². The molecule has 8 nitrogen and oxygen atoms in total. The molecule has 0 unspecified atom stereocenters. The van der Waals surface area contributed by atoms with Gasteiger partial charge in [0, 0.05) is 6.07 Å². The molecule has 0 bridgehead atoms. The number of fused-ring (bicyclic) bond motifs is 1. The molecule has 0 saturated heterocycles. The first-order chi connectivity index (χ1) is 10.4. The van der Waals surface area contributed by atoms with E-state index >= 15 is 0 Å². The van der Waals surface area contributed by atoms with Gasteiger partial charge in [-0.1, -0.05) is 5.16 Å². The molecule has 22 heavy (non-hydrogen) atoms. The van der Waals surface area contributed by atoms with Crippen molar-refractivity contribution in [1.29, 1.82) is 0 Å². The molecular formula is C13H13N3O5S. The van der Waals surface area contributed by atoms with E-state index < -0.39 is 10.0 Å². The topological polar surface area (TPSA) is 111 Å². The second kappa shape index (κ2) is 5.34. The highest BCUT2D eigenvalue weighted by Gasteiger charge is 2.20. The van der Waals surface area contributed by atoms with Crippen LogP contribution in [0.25, 0.3) is 0 Å². The van der Waals surface area contributed by atoms with Crippen LogP contribution in [0.5, 0.6) is 5.75 Å². The van der Waals surface area contributed by atoms with Crippen molar-refractivity contribution < 1.29 is 22.5 Å². The number of amides is 1. The summed E-state index contributed by atoms with van der Waals surface area (Å²) in [6, 6.07) is 5.70. The van der Waals surface area contributed by atoms with Crippen LogP contribution in [0.3, 0.4) is 0 Å². The predicted octanol–water partition coefficient (Wildman–Crippen LogP) is 1.50. The number of anilines is 2. The molecule has 0 radical (unpaired) electrons. The maximum absolute atomic E-state index is 12.3. The summed E-state index contributed by atoms with van der Waals surface area (Å²) in [6.45, 7) is 1.90. The van der Waals surface area contributed by atoms with E-state index in [9.17, 15) is 13.2 Å². The average molecular weight is 323 g/mol. The van der Waals surface area contributed by atoms with E-state index in [2.05, 4.69) is 15.2 Å². The number of aryl methyl sites for hydroxylation is 1. The standard InChI is InChI=1S/C13H13N3O5S/c1-8-6-12(15-21-8)16-22(18,19)9-2-3-11-10(7-9)14-13(17)4-5-20-11/h2-3,6-7H,4-5H2,1H3,(H,14,17)(H,15,16).